The Balaban J connectivity index is 1.78. The van der Waals surface area contributed by atoms with E-state index >= 15 is 0 Å². The number of guanidine groups is 1. The fourth-order valence-electron chi connectivity index (χ4n) is 8.27. The van der Waals surface area contributed by atoms with Crippen LogP contribution in [0.3, 0.4) is 0 Å². The third kappa shape index (κ3) is 24.9. The van der Waals surface area contributed by atoms with E-state index in [1.165, 1.54) is 0 Å². The van der Waals surface area contributed by atoms with E-state index in [2.05, 4.69) is 36.9 Å². The van der Waals surface area contributed by atoms with Crippen molar-refractivity contribution in [1.82, 2.24) is 51.5 Å². The van der Waals surface area contributed by atoms with Crippen LogP contribution < -0.4 is 43.4 Å². The predicted molar refractivity (Wildman–Crippen MR) is 264 cm³/mol. The standard InChI is InChI=1S/C46H71N13O16/c47-46(48)50-14-6-10-30-41(70)51-25-36(61)52-33(24-37(62)63)44(73)55-32(23-29-7-2-1-3-8-29)43(72)54-31(42(71)53-30)9-4-5-13-49-35(60)12-11-34(45(74)75)59-21-19-57(27-39(66)67)17-15-56(26-38(64)65)16-18-58(20-22-59)28-40(68)69/h1-3,7-8,30-34H,4-6,9-28H2,(H,49,60)(H,51,70)(H,52,61)(H,53,71)(H,54,72)(H,55,73)(H,62,63)(H,64,65)(H,66,67)(H,68,69)(H,74,75)(H4,47,48,50)/t30-,31-,32+,33-,34?/m0/s1. The normalized spacial score (nSPS) is 21.1. The lowest BCUT2D eigenvalue weighted by molar-refractivity contribution is -0.145. The highest BCUT2D eigenvalue weighted by atomic mass is 16.4. The van der Waals surface area contributed by atoms with Gasteiger partial charge >= 0.3 is 29.8 Å². The number of amides is 6. The second kappa shape index (κ2) is 32.6. The van der Waals surface area contributed by atoms with E-state index < -0.39 is 122 Å². The number of hydrogen-bond donors (Lipinski definition) is 13. The number of nitrogens with one attached hydrogen (secondary N) is 6. The fourth-order valence-corrected chi connectivity index (χ4v) is 8.27. The monoisotopic (exact) mass is 1060 g/mol. The summed E-state index contributed by atoms with van der Waals surface area (Å²) in [6.07, 6.45) is -1.00. The number of carboxylic acids is 5. The lowest BCUT2D eigenvalue weighted by atomic mass is 10.0. The lowest BCUT2D eigenvalue weighted by Gasteiger charge is -2.35. The van der Waals surface area contributed by atoms with Gasteiger partial charge in [0.1, 0.15) is 30.2 Å². The van der Waals surface area contributed by atoms with Crippen LogP contribution in [0.25, 0.3) is 0 Å². The first kappa shape index (κ1) is 61.8. The van der Waals surface area contributed by atoms with Crippen LogP contribution in [0.2, 0.25) is 0 Å². The van der Waals surface area contributed by atoms with Crippen molar-refractivity contribution in [1.29, 1.82) is 0 Å². The summed E-state index contributed by atoms with van der Waals surface area (Å²) < 4.78 is 0. The van der Waals surface area contributed by atoms with E-state index in [9.17, 15) is 78.3 Å². The summed E-state index contributed by atoms with van der Waals surface area (Å²) in [7, 11) is 0. The first-order chi connectivity index (χ1) is 35.6. The number of nitrogens with two attached hydrogens (primary N) is 2. The first-order valence-corrected chi connectivity index (χ1v) is 24.4. The molecule has 3 rings (SSSR count). The SMILES string of the molecule is NC(N)=NCCC[C@@H]1NC(=O)[C@H](CCCCNC(=O)CCC(C(=O)O)N2CCN(CC(=O)O)CCN(CC(=O)O)CCN(CC(=O)O)CC2)NC(=O)[C@@H](Cc2ccccc2)NC(=O)[C@H](CC(=O)O)NC(=O)CNC1=O. The number of rotatable bonds is 24. The summed E-state index contributed by atoms with van der Waals surface area (Å²) in [6, 6.07) is 1.47. The maximum absolute atomic E-state index is 14.1. The van der Waals surface area contributed by atoms with Gasteiger partial charge in [0, 0.05) is 78.3 Å². The van der Waals surface area contributed by atoms with Gasteiger partial charge in [-0.15, -0.1) is 0 Å². The minimum Gasteiger partial charge on any atom is -0.481 e. The quantitative estimate of drug-likeness (QED) is 0.0261. The van der Waals surface area contributed by atoms with Gasteiger partial charge < -0.3 is 68.9 Å². The number of unbranched alkanes of at least 4 members (excludes halogenated alkanes) is 1. The van der Waals surface area contributed by atoms with E-state index in [0.29, 0.717) is 5.56 Å². The zero-order valence-electron chi connectivity index (χ0n) is 41.7. The molecule has 1 unspecified atom stereocenters. The molecular formula is C46H71N13O16. The molecule has 0 saturated carbocycles. The van der Waals surface area contributed by atoms with E-state index in [-0.39, 0.29) is 129 Å². The lowest BCUT2D eigenvalue weighted by Crippen LogP contribution is -2.58. The Morgan fingerprint density at radius 1 is 0.613 bits per heavy atom. The van der Waals surface area contributed by atoms with Gasteiger partial charge in [0.2, 0.25) is 35.4 Å². The smallest absolute Gasteiger partial charge is 0.320 e. The van der Waals surface area contributed by atoms with Crippen LogP contribution in [0, 0.1) is 0 Å². The van der Waals surface area contributed by atoms with Crippen LogP contribution in [-0.2, 0) is 59.2 Å². The van der Waals surface area contributed by atoms with E-state index in [1.807, 2.05) is 0 Å². The highest BCUT2D eigenvalue weighted by Crippen LogP contribution is 2.13. The van der Waals surface area contributed by atoms with E-state index in [4.69, 9.17) is 11.5 Å². The van der Waals surface area contributed by atoms with Crippen molar-refractivity contribution < 1.29 is 78.3 Å². The third-order valence-electron chi connectivity index (χ3n) is 12.1. The molecule has 15 N–H and O–H groups in total. The molecule has 0 spiro atoms. The zero-order chi connectivity index (χ0) is 55.5. The topological polar surface area (TPSA) is 438 Å². The number of carbonyl (C=O) groups excluding carboxylic acids is 6. The molecule has 1 aromatic rings. The maximum Gasteiger partial charge on any atom is 0.320 e. The Kier molecular flexibility index (Phi) is 26.9. The fraction of sp³-hybridized carbons (Fsp3) is 0.609. The highest BCUT2D eigenvalue weighted by Gasteiger charge is 2.34. The van der Waals surface area contributed by atoms with Gasteiger partial charge in [-0.2, -0.15) is 0 Å². The van der Waals surface area contributed by atoms with Gasteiger partial charge in [-0.3, -0.25) is 77.3 Å². The number of carbonyl (C=O) groups is 11. The molecule has 29 heteroatoms. The number of aliphatic imine (C=N–C) groups is 1. The van der Waals surface area contributed by atoms with Crippen LogP contribution in [0.5, 0.6) is 0 Å². The molecule has 2 aliphatic rings. The van der Waals surface area contributed by atoms with Gasteiger partial charge in [0.15, 0.2) is 5.96 Å². The molecule has 2 heterocycles. The van der Waals surface area contributed by atoms with Crippen molar-refractivity contribution in [3.63, 3.8) is 0 Å². The van der Waals surface area contributed by atoms with Gasteiger partial charge in [-0.1, -0.05) is 30.3 Å². The Morgan fingerprint density at radius 3 is 1.63 bits per heavy atom. The van der Waals surface area contributed by atoms with Crippen molar-refractivity contribution in [2.75, 3.05) is 91.6 Å². The summed E-state index contributed by atoms with van der Waals surface area (Å²) in [5.41, 5.74) is 11.4. The summed E-state index contributed by atoms with van der Waals surface area (Å²) in [5.74, 6) is -11.4. The Morgan fingerprint density at radius 2 is 1.11 bits per heavy atom. The van der Waals surface area contributed by atoms with Gasteiger partial charge in [-0.05, 0) is 44.1 Å². The molecule has 0 aliphatic carbocycles. The summed E-state index contributed by atoms with van der Waals surface area (Å²) in [5, 5.41) is 63.6. The second-order valence-corrected chi connectivity index (χ2v) is 18.0. The summed E-state index contributed by atoms with van der Waals surface area (Å²) in [6.45, 7) is -1.14. The number of benzene rings is 1. The molecule has 0 radical (unpaired) electrons. The molecule has 2 saturated heterocycles. The zero-order valence-corrected chi connectivity index (χ0v) is 41.7. The molecule has 1 aromatic carbocycles. The minimum atomic E-state index is -1.67. The van der Waals surface area contributed by atoms with Crippen LogP contribution in [0.1, 0.15) is 56.9 Å². The number of hydrogen-bond acceptors (Lipinski definition) is 16. The molecule has 0 bridgehead atoms. The van der Waals surface area contributed by atoms with Crippen molar-refractivity contribution >= 4 is 71.2 Å². The maximum atomic E-state index is 14.1. The average Bonchev–Trinajstić information content (AvgIpc) is 3.33. The third-order valence-corrected chi connectivity index (χ3v) is 12.1. The van der Waals surface area contributed by atoms with Crippen LogP contribution in [0.4, 0.5) is 0 Å². The molecule has 29 nitrogen and oxygen atoms in total. The van der Waals surface area contributed by atoms with Gasteiger partial charge in [0.25, 0.3) is 0 Å². The number of nitrogens with zero attached hydrogens (tertiary/aromatic N) is 5. The molecular weight excluding hydrogens is 991 g/mol. The molecule has 416 valence electrons. The molecule has 75 heavy (non-hydrogen) atoms. The number of carboxylic acid groups (broad SMARTS) is 5. The number of aliphatic carboxylic acids is 5. The first-order valence-electron chi connectivity index (χ1n) is 24.4. The van der Waals surface area contributed by atoms with Crippen molar-refractivity contribution in [2.45, 2.75) is 88.0 Å². The van der Waals surface area contributed by atoms with Crippen LogP contribution in [0.15, 0.2) is 35.3 Å². The van der Waals surface area contributed by atoms with Gasteiger partial charge in [0.05, 0.1) is 32.6 Å². The van der Waals surface area contributed by atoms with Crippen molar-refractivity contribution in [2.24, 2.45) is 16.5 Å². The minimum absolute atomic E-state index is 0.0157. The van der Waals surface area contributed by atoms with E-state index in [1.54, 1.807) is 49.9 Å². The van der Waals surface area contributed by atoms with Crippen molar-refractivity contribution in [3.8, 4) is 0 Å². The summed E-state index contributed by atoms with van der Waals surface area (Å²) >= 11 is 0. The highest BCUT2D eigenvalue weighted by molar-refractivity contribution is 5.98. The Labute approximate surface area is 432 Å². The Hall–Kier alpha value is -7.50. The average molecular weight is 1060 g/mol. The van der Waals surface area contributed by atoms with Crippen LogP contribution in [-0.4, -0.2) is 238 Å². The van der Waals surface area contributed by atoms with Gasteiger partial charge in [-0.25, -0.2) is 0 Å². The molecule has 0 aromatic heterocycles. The second-order valence-electron chi connectivity index (χ2n) is 18.0. The molecule has 5 atom stereocenters. The molecule has 2 fully saturated rings. The predicted octanol–water partition coefficient (Wildman–Crippen LogP) is -5.18. The summed E-state index contributed by atoms with van der Waals surface area (Å²) in [4.78, 5) is 151. The Bertz CT molecular complexity index is 2130. The molecule has 6 amide bonds. The largest absolute Gasteiger partial charge is 0.481 e. The molecule has 2 aliphatic heterocycles. The van der Waals surface area contributed by atoms with E-state index in [0.717, 1.165) is 0 Å². The van der Waals surface area contributed by atoms with Crippen LogP contribution >= 0.6 is 0 Å². The van der Waals surface area contributed by atoms with Crippen molar-refractivity contribution in [3.05, 3.63) is 35.9 Å².